The summed E-state index contributed by atoms with van der Waals surface area (Å²) in [4.78, 5) is 0. The van der Waals surface area contributed by atoms with Crippen molar-refractivity contribution in [2.24, 2.45) is 0 Å². The minimum atomic E-state index is -2.66. The molecule has 3 nitrogen and oxygen atoms in total. The van der Waals surface area contributed by atoms with E-state index in [2.05, 4.69) is 15.9 Å². The number of halogens is 1. The molecule has 6 heteroatoms. The summed E-state index contributed by atoms with van der Waals surface area (Å²) in [5.74, 6) is 0. The van der Waals surface area contributed by atoms with Gasteiger partial charge in [0.15, 0.2) is 0 Å². The third-order valence-electron chi connectivity index (χ3n) is 1.88. The van der Waals surface area contributed by atoms with Crippen LogP contribution >= 0.6 is 27.3 Å². The maximum atomic E-state index is 5.79. The van der Waals surface area contributed by atoms with Crippen molar-refractivity contribution < 1.29 is 13.3 Å². The fraction of sp³-hybridized carbons (Fsp3) is 0.600. The van der Waals surface area contributed by atoms with Crippen LogP contribution in [0.3, 0.4) is 0 Å². The number of hydrogen-bond donors (Lipinski definition) is 0. The van der Waals surface area contributed by atoms with Crippen molar-refractivity contribution in [1.29, 1.82) is 0 Å². The molecule has 16 heavy (non-hydrogen) atoms. The van der Waals surface area contributed by atoms with Crippen LogP contribution in [0.4, 0.5) is 0 Å². The lowest BCUT2D eigenvalue weighted by atomic mass is 10.7. The van der Waals surface area contributed by atoms with Gasteiger partial charge in [-0.25, -0.2) is 0 Å². The summed E-state index contributed by atoms with van der Waals surface area (Å²) in [6.07, 6.45) is 0. The molecule has 92 valence electrons. The Morgan fingerprint density at radius 1 is 1.06 bits per heavy atom. The molecular weight excluding hydrogens is 308 g/mol. The first-order valence-electron chi connectivity index (χ1n) is 5.36. The van der Waals surface area contributed by atoms with E-state index in [4.69, 9.17) is 13.3 Å². The van der Waals surface area contributed by atoms with Crippen LogP contribution in [-0.4, -0.2) is 28.6 Å². The third kappa shape index (κ3) is 3.38. The second kappa shape index (κ2) is 6.88. The Hall–Kier alpha value is 0.277. The molecule has 0 unspecified atom stereocenters. The Bertz CT molecular complexity index is 302. The van der Waals surface area contributed by atoms with Crippen molar-refractivity contribution in [2.45, 2.75) is 20.8 Å². The smallest absolute Gasteiger partial charge is 0.370 e. The molecule has 0 saturated heterocycles. The van der Waals surface area contributed by atoms with E-state index in [1.807, 2.05) is 32.9 Å². The standard InChI is InChI=1S/C10H17BrO3SSi/c1-4-12-16(13-5-2,14-6-3)10-8-7-9(11)15-10/h7-8H,4-6H2,1-3H3. The average molecular weight is 325 g/mol. The van der Waals surface area contributed by atoms with Crippen LogP contribution in [0.25, 0.3) is 0 Å². The van der Waals surface area contributed by atoms with Gasteiger partial charge in [0.2, 0.25) is 0 Å². The van der Waals surface area contributed by atoms with Gasteiger partial charge in [-0.1, -0.05) is 0 Å². The first-order chi connectivity index (χ1) is 7.68. The summed E-state index contributed by atoms with van der Waals surface area (Å²) in [5.41, 5.74) is 0. The third-order valence-corrected chi connectivity index (χ3v) is 7.15. The monoisotopic (exact) mass is 324 g/mol. The van der Waals surface area contributed by atoms with E-state index in [1.165, 1.54) is 0 Å². The van der Waals surface area contributed by atoms with E-state index in [9.17, 15) is 0 Å². The summed E-state index contributed by atoms with van der Waals surface area (Å²) in [5, 5.41) is 0. The number of hydrogen-bond acceptors (Lipinski definition) is 4. The van der Waals surface area contributed by atoms with Crippen LogP contribution in [0.5, 0.6) is 0 Å². The normalized spacial score (nSPS) is 12.0. The Morgan fingerprint density at radius 3 is 1.88 bits per heavy atom. The van der Waals surface area contributed by atoms with Crippen LogP contribution in [0.2, 0.25) is 0 Å². The summed E-state index contributed by atoms with van der Waals surface area (Å²) < 4.78 is 19.5. The topological polar surface area (TPSA) is 27.7 Å². The Balaban J connectivity index is 2.98. The molecule has 0 spiro atoms. The predicted molar refractivity (Wildman–Crippen MR) is 72.3 cm³/mol. The zero-order valence-corrected chi connectivity index (χ0v) is 13.2. The molecule has 0 atom stereocenters. The van der Waals surface area contributed by atoms with Crippen molar-refractivity contribution in [1.82, 2.24) is 0 Å². The van der Waals surface area contributed by atoms with Gasteiger partial charge in [-0.05, 0) is 48.8 Å². The van der Waals surface area contributed by atoms with Gasteiger partial charge >= 0.3 is 8.80 Å². The van der Waals surface area contributed by atoms with Gasteiger partial charge in [0.25, 0.3) is 0 Å². The van der Waals surface area contributed by atoms with Crippen molar-refractivity contribution in [3.05, 3.63) is 15.9 Å². The summed E-state index contributed by atoms with van der Waals surface area (Å²) in [6, 6.07) is 4.01. The molecule has 0 aliphatic carbocycles. The highest BCUT2D eigenvalue weighted by Crippen LogP contribution is 2.21. The highest BCUT2D eigenvalue weighted by molar-refractivity contribution is 9.11. The lowest BCUT2D eigenvalue weighted by molar-refractivity contribution is 0.0866. The molecule has 1 rings (SSSR count). The lowest BCUT2D eigenvalue weighted by Gasteiger charge is -2.27. The molecule has 0 N–H and O–H groups in total. The van der Waals surface area contributed by atoms with Gasteiger partial charge in [0.05, 0.1) is 8.29 Å². The van der Waals surface area contributed by atoms with Gasteiger partial charge in [-0.15, -0.1) is 11.3 Å². The zero-order valence-electron chi connectivity index (χ0n) is 9.79. The van der Waals surface area contributed by atoms with Gasteiger partial charge in [0.1, 0.15) is 0 Å². The van der Waals surface area contributed by atoms with E-state index in [0.717, 1.165) is 8.29 Å². The molecule has 0 aromatic carbocycles. The maximum Gasteiger partial charge on any atom is 0.547 e. The molecule has 0 bridgehead atoms. The minimum absolute atomic E-state index is 0.599. The highest BCUT2D eigenvalue weighted by atomic mass is 79.9. The zero-order chi connectivity index (χ0) is 12.0. The van der Waals surface area contributed by atoms with Crippen LogP contribution < -0.4 is 4.50 Å². The molecular formula is C10H17BrO3SSi. The van der Waals surface area contributed by atoms with Crippen molar-refractivity contribution in [3.8, 4) is 0 Å². The van der Waals surface area contributed by atoms with E-state index in [-0.39, 0.29) is 0 Å². The minimum Gasteiger partial charge on any atom is -0.370 e. The summed E-state index contributed by atoms with van der Waals surface area (Å²) in [7, 11) is -2.66. The SMILES string of the molecule is CCO[Si](OCC)(OCC)c1ccc(Br)s1. The predicted octanol–water partition coefficient (Wildman–Crippen LogP) is 2.77. The molecule has 0 radical (unpaired) electrons. The quantitative estimate of drug-likeness (QED) is 0.722. The van der Waals surface area contributed by atoms with Crippen LogP contribution in [-0.2, 0) is 13.3 Å². The molecule has 0 amide bonds. The molecule has 0 saturated carbocycles. The lowest BCUT2D eigenvalue weighted by Crippen LogP contribution is -2.55. The molecule has 1 aromatic rings. The molecule has 0 fully saturated rings. The van der Waals surface area contributed by atoms with Crippen molar-refractivity contribution in [3.63, 3.8) is 0 Å². The van der Waals surface area contributed by atoms with Crippen LogP contribution in [0.1, 0.15) is 20.8 Å². The van der Waals surface area contributed by atoms with Crippen LogP contribution in [0, 0.1) is 0 Å². The van der Waals surface area contributed by atoms with Gasteiger partial charge in [-0.2, -0.15) is 0 Å². The second-order valence-corrected chi connectivity index (χ2v) is 8.30. The van der Waals surface area contributed by atoms with Gasteiger partial charge < -0.3 is 13.3 Å². The molecule has 0 aliphatic heterocycles. The summed E-state index contributed by atoms with van der Waals surface area (Å²) in [6.45, 7) is 7.68. The van der Waals surface area contributed by atoms with Gasteiger partial charge in [0, 0.05) is 19.8 Å². The summed E-state index contributed by atoms with van der Waals surface area (Å²) >= 11 is 5.07. The highest BCUT2D eigenvalue weighted by Gasteiger charge is 2.44. The molecule has 1 heterocycles. The van der Waals surface area contributed by atoms with E-state index in [1.54, 1.807) is 11.3 Å². The second-order valence-electron chi connectivity index (χ2n) is 2.96. The van der Waals surface area contributed by atoms with Gasteiger partial charge in [-0.3, -0.25) is 0 Å². The van der Waals surface area contributed by atoms with Crippen molar-refractivity contribution in [2.75, 3.05) is 19.8 Å². The Labute approximate surface area is 110 Å². The Morgan fingerprint density at radius 2 is 1.56 bits per heavy atom. The average Bonchev–Trinajstić information content (AvgIpc) is 2.66. The first kappa shape index (κ1) is 14.3. The van der Waals surface area contributed by atoms with E-state index in [0.29, 0.717) is 19.8 Å². The largest absolute Gasteiger partial charge is 0.547 e. The van der Waals surface area contributed by atoms with E-state index < -0.39 is 8.80 Å². The molecule has 1 aromatic heterocycles. The number of rotatable bonds is 7. The first-order valence-corrected chi connectivity index (χ1v) is 8.69. The fourth-order valence-corrected chi connectivity index (χ4v) is 6.44. The molecule has 0 aliphatic rings. The fourth-order valence-electron chi connectivity index (χ4n) is 1.39. The Kier molecular flexibility index (Phi) is 6.16. The maximum absolute atomic E-state index is 5.79. The van der Waals surface area contributed by atoms with Crippen LogP contribution in [0.15, 0.2) is 15.9 Å². The van der Waals surface area contributed by atoms with Crippen molar-refractivity contribution >= 4 is 40.6 Å². The number of thiophene rings is 1. The van der Waals surface area contributed by atoms with E-state index >= 15 is 0 Å².